The summed E-state index contributed by atoms with van der Waals surface area (Å²) in [5.41, 5.74) is 16.0. The third-order valence-electron chi connectivity index (χ3n) is 2.87. The van der Waals surface area contributed by atoms with Gasteiger partial charge >= 0.3 is 0 Å². The minimum atomic E-state index is 0.762. The van der Waals surface area contributed by atoms with Crippen LogP contribution in [-0.4, -0.2) is 4.98 Å². The van der Waals surface area contributed by atoms with Gasteiger partial charge in [-0.25, -0.2) is 4.98 Å². The van der Waals surface area contributed by atoms with Crippen LogP contribution in [0.4, 0.5) is 11.4 Å². The summed E-state index contributed by atoms with van der Waals surface area (Å²) >= 11 is 1.62. The van der Waals surface area contributed by atoms with Crippen molar-refractivity contribution in [2.24, 2.45) is 0 Å². The maximum Gasteiger partial charge on any atom is 0.124 e. The van der Waals surface area contributed by atoms with Gasteiger partial charge < -0.3 is 11.5 Å². The van der Waals surface area contributed by atoms with Crippen LogP contribution in [0.25, 0.3) is 21.8 Å². The third-order valence-corrected chi connectivity index (χ3v) is 3.76. The van der Waals surface area contributed by atoms with Crippen molar-refractivity contribution >= 4 is 22.7 Å². The molecule has 0 fully saturated rings. The van der Waals surface area contributed by atoms with Crippen LogP contribution >= 0.6 is 11.3 Å². The fraction of sp³-hybridized carbons (Fsp3) is 0. The summed E-state index contributed by atoms with van der Waals surface area (Å²) in [6.07, 6.45) is 0. The number of benzene rings is 2. The highest BCUT2D eigenvalue weighted by Gasteiger charge is 2.06. The molecule has 19 heavy (non-hydrogen) atoms. The first-order valence-corrected chi connectivity index (χ1v) is 6.78. The Balaban J connectivity index is 1.95. The molecule has 0 saturated heterocycles. The molecule has 4 N–H and O–H groups in total. The van der Waals surface area contributed by atoms with Crippen LogP contribution in [0.15, 0.2) is 53.9 Å². The summed E-state index contributed by atoms with van der Waals surface area (Å²) < 4.78 is 0. The van der Waals surface area contributed by atoms with Crippen LogP contribution in [0.1, 0.15) is 0 Å². The number of aromatic nitrogens is 1. The SMILES string of the molecule is Nc1ccc(-c2csc(-c3ccc(N)cc3)n2)cc1. The van der Waals surface area contributed by atoms with E-state index in [-0.39, 0.29) is 0 Å². The van der Waals surface area contributed by atoms with Crippen LogP contribution in [0.5, 0.6) is 0 Å². The topological polar surface area (TPSA) is 64.9 Å². The van der Waals surface area contributed by atoms with E-state index in [2.05, 4.69) is 10.4 Å². The number of rotatable bonds is 2. The van der Waals surface area contributed by atoms with Gasteiger partial charge in [0.15, 0.2) is 0 Å². The minimum Gasteiger partial charge on any atom is -0.399 e. The van der Waals surface area contributed by atoms with E-state index < -0.39 is 0 Å². The summed E-state index contributed by atoms with van der Waals surface area (Å²) in [6, 6.07) is 15.5. The molecule has 0 aliphatic carbocycles. The van der Waals surface area contributed by atoms with Gasteiger partial charge in [-0.1, -0.05) is 12.1 Å². The molecule has 0 atom stereocenters. The molecule has 94 valence electrons. The molecular formula is C15H13N3S. The zero-order valence-electron chi connectivity index (χ0n) is 10.2. The van der Waals surface area contributed by atoms with E-state index in [1.165, 1.54) is 0 Å². The average molecular weight is 267 g/mol. The van der Waals surface area contributed by atoms with Gasteiger partial charge in [0.2, 0.25) is 0 Å². The number of thiazole rings is 1. The van der Waals surface area contributed by atoms with Gasteiger partial charge in [-0.15, -0.1) is 11.3 Å². The average Bonchev–Trinajstić information content (AvgIpc) is 2.90. The van der Waals surface area contributed by atoms with Gasteiger partial charge in [-0.2, -0.15) is 0 Å². The summed E-state index contributed by atoms with van der Waals surface area (Å²) in [6.45, 7) is 0. The summed E-state index contributed by atoms with van der Waals surface area (Å²) in [4.78, 5) is 4.65. The van der Waals surface area contributed by atoms with E-state index in [4.69, 9.17) is 11.5 Å². The number of nitrogens with two attached hydrogens (primary N) is 2. The number of hydrogen-bond acceptors (Lipinski definition) is 4. The van der Waals surface area contributed by atoms with Crippen molar-refractivity contribution in [1.82, 2.24) is 4.98 Å². The Morgan fingerprint density at radius 1 is 0.737 bits per heavy atom. The highest BCUT2D eigenvalue weighted by Crippen LogP contribution is 2.29. The first-order valence-electron chi connectivity index (χ1n) is 5.90. The van der Waals surface area contributed by atoms with Crippen molar-refractivity contribution in [3.8, 4) is 21.8 Å². The number of anilines is 2. The zero-order chi connectivity index (χ0) is 13.2. The number of nitrogens with zero attached hydrogens (tertiary/aromatic N) is 1. The predicted molar refractivity (Wildman–Crippen MR) is 81.8 cm³/mol. The van der Waals surface area contributed by atoms with E-state index in [1.54, 1.807) is 11.3 Å². The fourth-order valence-electron chi connectivity index (χ4n) is 1.82. The molecule has 2 aromatic carbocycles. The van der Waals surface area contributed by atoms with Crippen LogP contribution in [0, 0.1) is 0 Å². The fourth-order valence-corrected chi connectivity index (χ4v) is 2.65. The molecule has 0 bridgehead atoms. The van der Waals surface area contributed by atoms with Gasteiger partial charge in [0.05, 0.1) is 5.69 Å². The zero-order valence-corrected chi connectivity index (χ0v) is 11.0. The van der Waals surface area contributed by atoms with Crippen LogP contribution in [-0.2, 0) is 0 Å². The Morgan fingerprint density at radius 2 is 1.26 bits per heavy atom. The second-order valence-electron chi connectivity index (χ2n) is 4.28. The van der Waals surface area contributed by atoms with Gasteiger partial charge in [0.25, 0.3) is 0 Å². The Morgan fingerprint density at radius 3 is 1.84 bits per heavy atom. The van der Waals surface area contributed by atoms with Gasteiger partial charge in [-0.3, -0.25) is 0 Å². The van der Waals surface area contributed by atoms with Crippen molar-refractivity contribution in [1.29, 1.82) is 0 Å². The maximum absolute atomic E-state index is 5.69. The second kappa shape index (κ2) is 4.74. The molecule has 1 heterocycles. The van der Waals surface area contributed by atoms with E-state index >= 15 is 0 Å². The van der Waals surface area contributed by atoms with E-state index in [1.807, 2.05) is 48.5 Å². The molecule has 3 rings (SSSR count). The highest BCUT2D eigenvalue weighted by atomic mass is 32.1. The largest absolute Gasteiger partial charge is 0.399 e. The monoisotopic (exact) mass is 267 g/mol. The molecule has 3 aromatic rings. The van der Waals surface area contributed by atoms with E-state index in [9.17, 15) is 0 Å². The smallest absolute Gasteiger partial charge is 0.124 e. The summed E-state index contributed by atoms with van der Waals surface area (Å²) in [7, 11) is 0. The number of hydrogen-bond donors (Lipinski definition) is 2. The van der Waals surface area contributed by atoms with Crippen LogP contribution in [0.2, 0.25) is 0 Å². The van der Waals surface area contributed by atoms with Crippen molar-refractivity contribution in [2.75, 3.05) is 11.5 Å². The lowest BCUT2D eigenvalue weighted by molar-refractivity contribution is 1.40. The van der Waals surface area contributed by atoms with Crippen molar-refractivity contribution in [2.45, 2.75) is 0 Å². The lowest BCUT2D eigenvalue weighted by Crippen LogP contribution is -1.85. The third kappa shape index (κ3) is 2.44. The lowest BCUT2D eigenvalue weighted by Gasteiger charge is -1.98. The van der Waals surface area contributed by atoms with E-state index in [0.717, 1.165) is 33.2 Å². The molecule has 0 amide bonds. The first-order chi connectivity index (χ1) is 9.22. The molecular weight excluding hydrogens is 254 g/mol. The van der Waals surface area contributed by atoms with Gasteiger partial charge in [0.1, 0.15) is 5.01 Å². The van der Waals surface area contributed by atoms with Crippen molar-refractivity contribution in [3.63, 3.8) is 0 Å². The first kappa shape index (κ1) is 11.7. The molecule has 4 heteroatoms. The Hall–Kier alpha value is -2.33. The Bertz CT molecular complexity index is 624. The summed E-state index contributed by atoms with van der Waals surface area (Å²) in [5.74, 6) is 0. The normalized spacial score (nSPS) is 10.5. The molecule has 3 nitrogen and oxygen atoms in total. The standard InChI is InChI=1S/C15H13N3S/c16-12-5-1-10(2-6-12)14-9-19-15(18-14)11-3-7-13(17)8-4-11/h1-9H,16-17H2. The van der Waals surface area contributed by atoms with E-state index in [0.29, 0.717) is 0 Å². The molecule has 0 aliphatic rings. The second-order valence-corrected chi connectivity index (χ2v) is 5.14. The molecule has 1 aromatic heterocycles. The molecule has 0 saturated carbocycles. The summed E-state index contributed by atoms with van der Waals surface area (Å²) in [5, 5.41) is 3.05. The molecule has 0 unspecified atom stereocenters. The number of nitrogen functional groups attached to an aromatic ring is 2. The predicted octanol–water partition coefficient (Wildman–Crippen LogP) is 3.64. The van der Waals surface area contributed by atoms with Crippen LogP contribution < -0.4 is 11.5 Å². The lowest BCUT2D eigenvalue weighted by atomic mass is 10.1. The Kier molecular flexibility index (Phi) is 2.93. The highest BCUT2D eigenvalue weighted by molar-refractivity contribution is 7.13. The van der Waals surface area contributed by atoms with Crippen LogP contribution in [0.3, 0.4) is 0 Å². The van der Waals surface area contributed by atoms with Gasteiger partial charge in [0, 0.05) is 27.9 Å². The Labute approximate surface area is 115 Å². The molecule has 0 aliphatic heterocycles. The maximum atomic E-state index is 5.69. The molecule has 0 spiro atoms. The van der Waals surface area contributed by atoms with Crippen molar-refractivity contribution < 1.29 is 0 Å². The quantitative estimate of drug-likeness (QED) is 0.697. The van der Waals surface area contributed by atoms with Gasteiger partial charge in [-0.05, 0) is 36.4 Å². The molecule has 0 radical (unpaired) electrons. The minimum absolute atomic E-state index is 0.762. The van der Waals surface area contributed by atoms with Crippen molar-refractivity contribution in [3.05, 3.63) is 53.9 Å².